The highest BCUT2D eigenvalue weighted by Crippen LogP contribution is 2.11. The summed E-state index contributed by atoms with van der Waals surface area (Å²) in [6, 6.07) is 6.62. The third-order valence-electron chi connectivity index (χ3n) is 3.70. The van der Waals surface area contributed by atoms with Crippen LogP contribution in [0.15, 0.2) is 35.3 Å². The van der Waals surface area contributed by atoms with Crippen molar-refractivity contribution in [1.29, 1.82) is 0 Å². The molecule has 0 saturated heterocycles. The first kappa shape index (κ1) is 16.6. The fourth-order valence-electron chi connectivity index (χ4n) is 2.45. The lowest BCUT2D eigenvalue weighted by Gasteiger charge is -2.07. The normalized spacial score (nSPS) is 10.8. The minimum Gasteiger partial charge on any atom is -0.454 e. The van der Waals surface area contributed by atoms with Gasteiger partial charge in [0, 0.05) is 18.4 Å². The van der Waals surface area contributed by atoms with E-state index in [1.165, 1.54) is 4.57 Å². The molecule has 0 spiro atoms. The predicted molar refractivity (Wildman–Crippen MR) is 88.4 cm³/mol. The van der Waals surface area contributed by atoms with Gasteiger partial charge in [-0.15, -0.1) is 5.10 Å². The van der Waals surface area contributed by atoms with Crippen LogP contribution in [0.4, 0.5) is 0 Å². The van der Waals surface area contributed by atoms with E-state index in [-0.39, 0.29) is 12.3 Å². The van der Waals surface area contributed by atoms with Crippen LogP contribution in [-0.4, -0.2) is 35.7 Å². The summed E-state index contributed by atoms with van der Waals surface area (Å²) in [5.74, 6) is 0.0251. The summed E-state index contributed by atoms with van der Waals surface area (Å²) in [6.07, 6.45) is 2.51. The Morgan fingerprint density at radius 1 is 1.28 bits per heavy atom. The van der Waals surface area contributed by atoms with Gasteiger partial charge in [0.15, 0.2) is 12.4 Å². The number of aromatic nitrogens is 6. The molecule has 0 atom stereocenters. The molecule has 3 rings (SSSR count). The van der Waals surface area contributed by atoms with Gasteiger partial charge >= 0.3 is 11.7 Å². The largest absolute Gasteiger partial charge is 0.454 e. The molecule has 0 unspecified atom stereocenters. The van der Waals surface area contributed by atoms with Crippen LogP contribution in [0.25, 0.3) is 5.69 Å². The van der Waals surface area contributed by atoms with Gasteiger partial charge < -0.3 is 9.72 Å². The standard InChI is InChI=1S/C16H18N6O3/c1-3-8-21-14(18-19-20-21)10-25-15(23)12-4-6-13(7-5-12)22-11(2)9-17-16(22)24/h4-7,9H,3,8,10H2,1-2H3,(H,17,24). The number of H-pyrrole nitrogens is 1. The van der Waals surface area contributed by atoms with E-state index in [1.54, 1.807) is 35.1 Å². The molecule has 2 aromatic heterocycles. The van der Waals surface area contributed by atoms with Crippen molar-refractivity contribution in [1.82, 2.24) is 29.8 Å². The van der Waals surface area contributed by atoms with E-state index >= 15 is 0 Å². The second-order valence-electron chi connectivity index (χ2n) is 5.51. The third kappa shape index (κ3) is 3.49. The maximum absolute atomic E-state index is 12.2. The molecule has 0 aliphatic carbocycles. The number of aryl methyl sites for hydroxylation is 2. The van der Waals surface area contributed by atoms with Crippen molar-refractivity contribution in [2.45, 2.75) is 33.4 Å². The van der Waals surface area contributed by atoms with E-state index in [9.17, 15) is 9.59 Å². The molecule has 130 valence electrons. The Kier molecular flexibility index (Phi) is 4.73. The van der Waals surface area contributed by atoms with Crippen LogP contribution in [0.5, 0.6) is 0 Å². The van der Waals surface area contributed by atoms with Crippen molar-refractivity contribution >= 4 is 5.97 Å². The highest BCUT2D eigenvalue weighted by Gasteiger charge is 2.12. The van der Waals surface area contributed by atoms with E-state index in [1.807, 2.05) is 13.8 Å². The third-order valence-corrected chi connectivity index (χ3v) is 3.70. The molecule has 0 saturated carbocycles. The zero-order valence-corrected chi connectivity index (χ0v) is 14.0. The second kappa shape index (κ2) is 7.12. The smallest absolute Gasteiger partial charge is 0.338 e. The first-order valence-corrected chi connectivity index (χ1v) is 7.89. The monoisotopic (exact) mass is 342 g/mol. The molecule has 0 radical (unpaired) electrons. The second-order valence-corrected chi connectivity index (χ2v) is 5.51. The van der Waals surface area contributed by atoms with Gasteiger partial charge in [0.1, 0.15) is 0 Å². The van der Waals surface area contributed by atoms with Crippen LogP contribution >= 0.6 is 0 Å². The van der Waals surface area contributed by atoms with Gasteiger partial charge in [-0.25, -0.2) is 14.3 Å². The number of aromatic amines is 1. The topological polar surface area (TPSA) is 108 Å². The Morgan fingerprint density at radius 2 is 2.04 bits per heavy atom. The van der Waals surface area contributed by atoms with Gasteiger partial charge in [0.2, 0.25) is 0 Å². The molecule has 0 bridgehead atoms. The molecule has 0 aliphatic heterocycles. The van der Waals surface area contributed by atoms with Crippen molar-refractivity contribution in [3.05, 3.63) is 58.0 Å². The highest BCUT2D eigenvalue weighted by atomic mass is 16.5. The molecule has 9 nitrogen and oxygen atoms in total. The molecule has 9 heteroatoms. The number of imidazole rings is 1. The van der Waals surface area contributed by atoms with Crippen LogP contribution < -0.4 is 5.69 Å². The average molecular weight is 342 g/mol. The fourth-order valence-corrected chi connectivity index (χ4v) is 2.45. The minimum absolute atomic E-state index is 0.00393. The molecule has 0 fully saturated rings. The summed E-state index contributed by atoms with van der Waals surface area (Å²) in [6.45, 7) is 4.50. The Morgan fingerprint density at radius 3 is 2.68 bits per heavy atom. The van der Waals surface area contributed by atoms with Crippen molar-refractivity contribution in [2.24, 2.45) is 0 Å². The Labute approximate surface area is 143 Å². The van der Waals surface area contributed by atoms with Gasteiger partial charge in [0.05, 0.1) is 11.3 Å². The number of rotatable bonds is 6. The molecule has 2 heterocycles. The number of carbonyl (C=O) groups is 1. The first-order valence-electron chi connectivity index (χ1n) is 7.89. The zero-order valence-electron chi connectivity index (χ0n) is 14.0. The Bertz CT molecular complexity index is 922. The number of carbonyl (C=O) groups excluding carboxylic acids is 1. The quantitative estimate of drug-likeness (QED) is 0.675. The Hall–Kier alpha value is -3.23. The molecule has 1 aromatic carbocycles. The maximum Gasteiger partial charge on any atom is 0.338 e. The molecule has 3 aromatic rings. The maximum atomic E-state index is 12.2. The fraction of sp³-hybridized carbons (Fsp3) is 0.312. The summed E-state index contributed by atoms with van der Waals surface area (Å²) in [7, 11) is 0. The summed E-state index contributed by atoms with van der Waals surface area (Å²) < 4.78 is 8.39. The minimum atomic E-state index is -0.476. The Balaban J connectivity index is 1.69. The van der Waals surface area contributed by atoms with E-state index in [4.69, 9.17) is 4.74 Å². The number of nitrogens with zero attached hydrogens (tertiary/aromatic N) is 5. The van der Waals surface area contributed by atoms with E-state index in [0.29, 0.717) is 23.6 Å². The first-order chi connectivity index (χ1) is 12.1. The highest BCUT2D eigenvalue weighted by molar-refractivity contribution is 5.89. The number of nitrogens with one attached hydrogen (secondary N) is 1. The van der Waals surface area contributed by atoms with Crippen LogP contribution in [0, 0.1) is 6.92 Å². The summed E-state index contributed by atoms with van der Waals surface area (Å²) in [5.41, 5.74) is 1.62. The van der Waals surface area contributed by atoms with Crippen molar-refractivity contribution in [2.75, 3.05) is 0 Å². The lowest BCUT2D eigenvalue weighted by molar-refractivity contribution is 0.0456. The van der Waals surface area contributed by atoms with Gasteiger partial charge in [-0.05, 0) is 48.0 Å². The van der Waals surface area contributed by atoms with Crippen LogP contribution in [0.2, 0.25) is 0 Å². The predicted octanol–water partition coefficient (Wildman–Crippen LogP) is 1.23. The zero-order chi connectivity index (χ0) is 17.8. The molecule has 0 aliphatic rings. The number of benzene rings is 1. The lowest BCUT2D eigenvalue weighted by atomic mass is 10.2. The number of esters is 1. The summed E-state index contributed by atoms with van der Waals surface area (Å²) in [4.78, 5) is 26.6. The molecular formula is C16H18N6O3. The van der Waals surface area contributed by atoms with Crippen molar-refractivity contribution in [3.63, 3.8) is 0 Å². The van der Waals surface area contributed by atoms with Crippen LogP contribution in [0.1, 0.15) is 35.2 Å². The van der Waals surface area contributed by atoms with E-state index in [2.05, 4.69) is 20.5 Å². The SMILES string of the molecule is CCCn1nnnc1COC(=O)c1ccc(-n2c(C)c[nH]c2=O)cc1. The average Bonchev–Trinajstić information content (AvgIpc) is 3.19. The number of hydrogen-bond acceptors (Lipinski definition) is 6. The van der Waals surface area contributed by atoms with Crippen molar-refractivity contribution in [3.8, 4) is 5.69 Å². The van der Waals surface area contributed by atoms with E-state index in [0.717, 1.165) is 12.1 Å². The van der Waals surface area contributed by atoms with Crippen molar-refractivity contribution < 1.29 is 9.53 Å². The van der Waals surface area contributed by atoms with Crippen LogP contribution in [-0.2, 0) is 17.9 Å². The number of tetrazole rings is 1. The van der Waals surface area contributed by atoms with Crippen LogP contribution in [0.3, 0.4) is 0 Å². The summed E-state index contributed by atoms with van der Waals surface area (Å²) in [5, 5.41) is 11.3. The lowest BCUT2D eigenvalue weighted by Crippen LogP contribution is -2.16. The van der Waals surface area contributed by atoms with Gasteiger partial charge in [0.25, 0.3) is 0 Å². The summed E-state index contributed by atoms with van der Waals surface area (Å²) >= 11 is 0. The van der Waals surface area contributed by atoms with Gasteiger partial charge in [-0.3, -0.25) is 4.57 Å². The van der Waals surface area contributed by atoms with Gasteiger partial charge in [-0.1, -0.05) is 6.92 Å². The molecule has 1 N–H and O–H groups in total. The number of ether oxygens (including phenoxy) is 1. The molecule has 0 amide bonds. The van der Waals surface area contributed by atoms with E-state index < -0.39 is 5.97 Å². The van der Waals surface area contributed by atoms with Gasteiger partial charge in [-0.2, -0.15) is 0 Å². The molecule has 25 heavy (non-hydrogen) atoms. The molecular weight excluding hydrogens is 324 g/mol. The number of hydrogen-bond donors (Lipinski definition) is 1.